The van der Waals surface area contributed by atoms with E-state index in [1.165, 1.54) is 0 Å². The van der Waals surface area contributed by atoms with Crippen molar-refractivity contribution in [2.75, 3.05) is 31.2 Å². The molecule has 1 aliphatic rings. The second kappa shape index (κ2) is 7.35. The van der Waals surface area contributed by atoms with Gasteiger partial charge in [-0.3, -0.25) is 4.79 Å². The minimum absolute atomic E-state index is 0.0693. The number of carbonyl (C=O) groups is 1. The van der Waals surface area contributed by atoms with Crippen LogP contribution in [0.4, 0.5) is 5.69 Å². The predicted molar refractivity (Wildman–Crippen MR) is 110 cm³/mol. The molecule has 140 valence electrons. The maximum atomic E-state index is 13.0. The van der Waals surface area contributed by atoms with E-state index < -0.39 is 21.0 Å². The van der Waals surface area contributed by atoms with Crippen molar-refractivity contribution in [3.63, 3.8) is 0 Å². The van der Waals surface area contributed by atoms with Crippen LogP contribution in [0.15, 0.2) is 24.3 Å². The lowest BCUT2D eigenvalue weighted by molar-refractivity contribution is 0.0568. The van der Waals surface area contributed by atoms with Crippen LogP contribution in [0.2, 0.25) is 32.7 Å². The largest absolute Gasteiger partial charge is 0.408 e. The SMILES string of the molecule is CC(C)(O[Si](C)(C)[Si](C)(C)C)C(=O)c1ccc(N2CCOCC2)cc1. The molecule has 0 aromatic heterocycles. The number of anilines is 1. The zero-order valence-electron chi connectivity index (χ0n) is 16.8. The van der Waals surface area contributed by atoms with Crippen LogP contribution in [0, 0.1) is 0 Å². The molecule has 1 fully saturated rings. The molecular weight excluding hydrogens is 346 g/mol. The van der Waals surface area contributed by atoms with Crippen LogP contribution in [-0.2, 0) is 9.16 Å². The number of hydrogen-bond donors (Lipinski definition) is 0. The van der Waals surface area contributed by atoms with Crippen LogP contribution in [0.5, 0.6) is 0 Å². The van der Waals surface area contributed by atoms with E-state index in [0.717, 1.165) is 37.6 Å². The summed E-state index contributed by atoms with van der Waals surface area (Å²) < 4.78 is 11.9. The van der Waals surface area contributed by atoms with Crippen molar-refractivity contribution in [3.8, 4) is 0 Å². The Hall–Kier alpha value is -0.956. The Labute approximate surface area is 154 Å². The third-order valence-corrected chi connectivity index (χ3v) is 21.1. The Morgan fingerprint density at radius 2 is 1.56 bits per heavy atom. The normalized spacial score (nSPS) is 16.8. The molecule has 0 spiro atoms. The summed E-state index contributed by atoms with van der Waals surface area (Å²) in [6, 6.07) is 7.94. The Balaban J connectivity index is 2.13. The van der Waals surface area contributed by atoms with E-state index in [4.69, 9.17) is 9.16 Å². The van der Waals surface area contributed by atoms with Gasteiger partial charge in [-0.2, -0.15) is 0 Å². The second-order valence-electron chi connectivity index (χ2n) is 8.85. The van der Waals surface area contributed by atoms with Crippen LogP contribution in [-0.4, -0.2) is 53.1 Å². The second-order valence-corrected chi connectivity index (χ2v) is 24.7. The lowest BCUT2D eigenvalue weighted by Crippen LogP contribution is -2.59. The molecule has 0 unspecified atom stereocenters. The van der Waals surface area contributed by atoms with Gasteiger partial charge in [-0.25, -0.2) is 0 Å². The van der Waals surface area contributed by atoms with Crippen molar-refractivity contribution in [1.29, 1.82) is 0 Å². The highest BCUT2D eigenvalue weighted by molar-refractivity contribution is 7.37. The molecule has 1 aliphatic heterocycles. The van der Waals surface area contributed by atoms with E-state index in [2.05, 4.69) is 37.6 Å². The molecule has 0 bridgehead atoms. The number of Topliss-reactive ketones (excluding diaryl/α,β-unsaturated/α-hetero) is 1. The van der Waals surface area contributed by atoms with Crippen molar-refractivity contribution in [3.05, 3.63) is 29.8 Å². The number of hydrogen-bond acceptors (Lipinski definition) is 4. The molecule has 1 aromatic carbocycles. The van der Waals surface area contributed by atoms with E-state index in [-0.39, 0.29) is 5.78 Å². The van der Waals surface area contributed by atoms with Crippen LogP contribution in [0.25, 0.3) is 0 Å². The van der Waals surface area contributed by atoms with Gasteiger partial charge in [0.15, 0.2) is 13.6 Å². The van der Waals surface area contributed by atoms with E-state index in [9.17, 15) is 4.79 Å². The molecule has 1 saturated heterocycles. The highest BCUT2D eigenvalue weighted by Gasteiger charge is 2.45. The highest BCUT2D eigenvalue weighted by Crippen LogP contribution is 2.29. The van der Waals surface area contributed by atoms with E-state index in [0.29, 0.717) is 0 Å². The number of nitrogens with zero attached hydrogens (tertiary/aromatic N) is 1. The van der Waals surface area contributed by atoms with Gasteiger partial charge in [-0.05, 0) is 51.2 Å². The van der Waals surface area contributed by atoms with Gasteiger partial charge in [0.1, 0.15) is 5.60 Å². The minimum Gasteiger partial charge on any atom is -0.408 e. The van der Waals surface area contributed by atoms with Gasteiger partial charge >= 0.3 is 0 Å². The molecule has 0 aliphatic carbocycles. The number of ketones is 1. The number of rotatable bonds is 6. The van der Waals surface area contributed by atoms with Crippen molar-refractivity contribution >= 4 is 26.9 Å². The number of benzene rings is 1. The van der Waals surface area contributed by atoms with Gasteiger partial charge in [0.25, 0.3) is 0 Å². The lowest BCUT2D eigenvalue weighted by Gasteiger charge is -2.41. The average Bonchev–Trinajstić information content (AvgIpc) is 2.53. The summed E-state index contributed by atoms with van der Waals surface area (Å²) in [6.07, 6.45) is 0. The monoisotopic (exact) mass is 379 g/mol. The molecule has 0 amide bonds. The van der Waals surface area contributed by atoms with Crippen molar-refractivity contribution in [1.82, 2.24) is 0 Å². The molecule has 0 N–H and O–H groups in total. The van der Waals surface area contributed by atoms with Crippen molar-refractivity contribution in [2.45, 2.75) is 52.2 Å². The first-order valence-corrected chi connectivity index (χ1v) is 16.5. The highest BCUT2D eigenvalue weighted by atomic mass is 29.3. The molecule has 25 heavy (non-hydrogen) atoms. The van der Waals surface area contributed by atoms with Gasteiger partial charge in [0, 0.05) is 24.3 Å². The van der Waals surface area contributed by atoms with Crippen molar-refractivity contribution < 1.29 is 14.0 Å². The smallest absolute Gasteiger partial charge is 0.192 e. The fourth-order valence-corrected chi connectivity index (χ4v) is 6.19. The van der Waals surface area contributed by atoms with E-state index in [1.807, 2.05) is 38.1 Å². The summed E-state index contributed by atoms with van der Waals surface area (Å²) in [4.78, 5) is 15.3. The Kier molecular flexibility index (Phi) is 5.98. The van der Waals surface area contributed by atoms with E-state index in [1.54, 1.807) is 0 Å². The molecule has 1 aromatic rings. The first-order chi connectivity index (χ1) is 11.4. The fraction of sp³-hybridized carbons (Fsp3) is 0.632. The molecule has 1 heterocycles. The summed E-state index contributed by atoms with van der Waals surface area (Å²) in [6.45, 7) is 18.6. The summed E-state index contributed by atoms with van der Waals surface area (Å²) in [7, 11) is -3.30. The first-order valence-electron chi connectivity index (χ1n) is 9.12. The molecule has 4 nitrogen and oxygen atoms in total. The summed E-state index contributed by atoms with van der Waals surface area (Å²) in [5, 5.41) is 0. The predicted octanol–water partition coefficient (Wildman–Crippen LogP) is 4.12. The Morgan fingerprint density at radius 1 is 1.04 bits per heavy atom. The van der Waals surface area contributed by atoms with Gasteiger partial charge < -0.3 is 14.1 Å². The molecule has 0 atom stereocenters. The first kappa shape index (κ1) is 20.4. The Bertz CT molecular complexity index is 600. The zero-order chi connectivity index (χ0) is 18.9. The molecule has 0 radical (unpaired) electrons. The standard InChI is InChI=1S/C19H33NO3Si2/c1-19(2,23-25(6,7)24(3,4)5)18(21)16-8-10-17(11-9-16)20-12-14-22-15-13-20/h8-11H,12-15H2,1-7H3. The third kappa shape index (κ3) is 4.81. The summed E-state index contributed by atoms with van der Waals surface area (Å²) in [5.41, 5.74) is 1.09. The van der Waals surface area contributed by atoms with E-state index >= 15 is 0 Å². The topological polar surface area (TPSA) is 38.8 Å². The fourth-order valence-electron chi connectivity index (χ4n) is 2.83. The van der Waals surface area contributed by atoms with Gasteiger partial charge in [-0.15, -0.1) is 0 Å². The maximum absolute atomic E-state index is 13.0. The van der Waals surface area contributed by atoms with Gasteiger partial charge in [0.2, 0.25) is 0 Å². The molecule has 6 heteroatoms. The quantitative estimate of drug-likeness (QED) is 0.550. The van der Waals surface area contributed by atoms with Gasteiger partial charge in [-0.1, -0.05) is 19.6 Å². The third-order valence-electron chi connectivity index (χ3n) is 5.37. The number of carbonyl (C=O) groups excluding carboxylic acids is 1. The number of morpholine rings is 1. The van der Waals surface area contributed by atoms with Crippen LogP contribution >= 0.6 is 0 Å². The number of ether oxygens (including phenoxy) is 1. The lowest BCUT2D eigenvalue weighted by atomic mass is 9.97. The average molecular weight is 380 g/mol. The molecule has 2 rings (SSSR count). The molecule has 0 saturated carbocycles. The van der Waals surface area contributed by atoms with Gasteiger partial charge in [0.05, 0.1) is 20.8 Å². The molecular formula is C19H33NO3Si2. The van der Waals surface area contributed by atoms with Crippen molar-refractivity contribution in [2.24, 2.45) is 0 Å². The van der Waals surface area contributed by atoms with Crippen LogP contribution < -0.4 is 4.90 Å². The summed E-state index contributed by atoms with van der Waals surface area (Å²) >= 11 is 0. The minimum atomic E-state index is -1.88. The Morgan fingerprint density at radius 3 is 2.04 bits per heavy atom. The van der Waals surface area contributed by atoms with Crippen LogP contribution in [0.1, 0.15) is 24.2 Å². The summed E-state index contributed by atoms with van der Waals surface area (Å²) in [5.74, 6) is 0.0693. The van der Waals surface area contributed by atoms with Crippen LogP contribution in [0.3, 0.4) is 0 Å². The maximum Gasteiger partial charge on any atom is 0.192 e. The zero-order valence-corrected chi connectivity index (χ0v) is 18.8.